The third-order valence-electron chi connectivity index (χ3n) is 2.72. The van der Waals surface area contributed by atoms with Crippen LogP contribution in [-0.2, 0) is 0 Å². The van der Waals surface area contributed by atoms with E-state index in [4.69, 9.17) is 5.11 Å². The molecule has 0 saturated heterocycles. The van der Waals surface area contributed by atoms with Crippen LogP contribution in [-0.4, -0.2) is 47.5 Å². The molecule has 0 saturated carbocycles. The smallest absolute Gasteiger partial charge is 0.0667 e. The lowest BCUT2D eigenvalue weighted by molar-refractivity contribution is 0.0946. The van der Waals surface area contributed by atoms with E-state index in [0.29, 0.717) is 13.1 Å². The lowest BCUT2D eigenvalue weighted by atomic mass is 10.1. The molecule has 92 valence electrons. The Morgan fingerprint density at radius 3 is 2.40 bits per heavy atom. The first-order chi connectivity index (χ1) is 7.24. The summed E-state index contributed by atoms with van der Waals surface area (Å²) in [5.74, 6) is 0. The highest BCUT2D eigenvalue weighted by molar-refractivity contribution is 4.63. The van der Waals surface area contributed by atoms with E-state index in [2.05, 4.69) is 18.7 Å². The molecule has 0 heterocycles. The van der Waals surface area contributed by atoms with Gasteiger partial charge >= 0.3 is 0 Å². The van der Waals surface area contributed by atoms with Crippen LogP contribution in [0, 0.1) is 0 Å². The number of unbranched alkanes of at least 4 members (excludes halogenated alkanes) is 3. The molecule has 3 heteroatoms. The highest BCUT2D eigenvalue weighted by Crippen LogP contribution is 2.06. The van der Waals surface area contributed by atoms with Crippen molar-refractivity contribution in [3.63, 3.8) is 0 Å². The van der Waals surface area contributed by atoms with Gasteiger partial charge in [-0.3, -0.25) is 4.90 Å². The summed E-state index contributed by atoms with van der Waals surface area (Å²) in [5.41, 5.74) is 0. The molecule has 0 spiro atoms. The largest absolute Gasteiger partial charge is 0.395 e. The summed E-state index contributed by atoms with van der Waals surface area (Å²) in [6.45, 7) is 6.69. The van der Waals surface area contributed by atoms with Crippen LogP contribution in [0.3, 0.4) is 0 Å². The second-order valence-electron chi connectivity index (χ2n) is 4.12. The van der Waals surface area contributed by atoms with Crippen molar-refractivity contribution < 1.29 is 10.2 Å². The molecule has 1 atom stereocenters. The van der Waals surface area contributed by atoms with Gasteiger partial charge in [-0.05, 0) is 13.0 Å². The second-order valence-corrected chi connectivity index (χ2v) is 4.12. The van der Waals surface area contributed by atoms with Crippen molar-refractivity contribution >= 4 is 0 Å². The molecule has 0 amide bonds. The quantitative estimate of drug-likeness (QED) is 0.547. The molecule has 2 N–H and O–H groups in total. The zero-order valence-electron chi connectivity index (χ0n) is 10.3. The van der Waals surface area contributed by atoms with E-state index in [1.807, 2.05) is 0 Å². The summed E-state index contributed by atoms with van der Waals surface area (Å²) in [6, 6.07) is 0. The Bertz CT molecular complexity index is 131. The minimum absolute atomic E-state index is 0.177. The zero-order valence-corrected chi connectivity index (χ0v) is 10.3. The van der Waals surface area contributed by atoms with Crippen molar-refractivity contribution in [3.05, 3.63) is 0 Å². The molecule has 0 aromatic rings. The predicted molar refractivity (Wildman–Crippen MR) is 64.0 cm³/mol. The minimum atomic E-state index is -0.228. The number of hydrogen-bond donors (Lipinski definition) is 2. The Balaban J connectivity index is 3.47. The van der Waals surface area contributed by atoms with Crippen LogP contribution < -0.4 is 0 Å². The molecule has 0 aliphatic rings. The average Bonchev–Trinajstić information content (AvgIpc) is 2.24. The van der Waals surface area contributed by atoms with Crippen molar-refractivity contribution in [2.24, 2.45) is 0 Å². The van der Waals surface area contributed by atoms with Gasteiger partial charge in [0.15, 0.2) is 0 Å². The fourth-order valence-electron chi connectivity index (χ4n) is 1.72. The van der Waals surface area contributed by atoms with E-state index < -0.39 is 0 Å². The zero-order chi connectivity index (χ0) is 11.5. The van der Waals surface area contributed by atoms with Crippen molar-refractivity contribution in [3.8, 4) is 0 Å². The van der Waals surface area contributed by atoms with Crippen LogP contribution in [0.1, 0.15) is 46.0 Å². The fraction of sp³-hybridized carbons (Fsp3) is 1.00. The molecule has 0 bridgehead atoms. The SMILES string of the molecule is CCCCCC[C@H](O)CN(CC)CCO. The van der Waals surface area contributed by atoms with E-state index in [9.17, 15) is 5.11 Å². The topological polar surface area (TPSA) is 43.7 Å². The summed E-state index contributed by atoms with van der Waals surface area (Å²) in [4.78, 5) is 2.09. The molecule has 0 aliphatic heterocycles. The Labute approximate surface area is 94.1 Å². The number of aliphatic hydroxyl groups excluding tert-OH is 2. The summed E-state index contributed by atoms with van der Waals surface area (Å²) >= 11 is 0. The third-order valence-corrected chi connectivity index (χ3v) is 2.72. The van der Waals surface area contributed by atoms with Crippen molar-refractivity contribution in [2.75, 3.05) is 26.2 Å². The monoisotopic (exact) mass is 217 g/mol. The Kier molecular flexibility index (Phi) is 10.3. The van der Waals surface area contributed by atoms with E-state index in [1.165, 1.54) is 19.3 Å². The van der Waals surface area contributed by atoms with Crippen LogP contribution in [0.2, 0.25) is 0 Å². The van der Waals surface area contributed by atoms with Gasteiger partial charge in [0.25, 0.3) is 0 Å². The van der Waals surface area contributed by atoms with Gasteiger partial charge in [0.1, 0.15) is 0 Å². The minimum Gasteiger partial charge on any atom is -0.395 e. The molecule has 0 aliphatic carbocycles. The van der Waals surface area contributed by atoms with Gasteiger partial charge in [0, 0.05) is 13.1 Å². The Hall–Kier alpha value is -0.120. The third kappa shape index (κ3) is 8.85. The molecular weight excluding hydrogens is 190 g/mol. The molecule has 0 fully saturated rings. The molecule has 0 aromatic heterocycles. The van der Waals surface area contributed by atoms with Crippen LogP contribution in [0.4, 0.5) is 0 Å². The first-order valence-corrected chi connectivity index (χ1v) is 6.25. The molecular formula is C12H27NO2. The van der Waals surface area contributed by atoms with E-state index in [1.54, 1.807) is 0 Å². The molecule has 0 radical (unpaired) electrons. The molecule has 15 heavy (non-hydrogen) atoms. The number of likely N-dealkylation sites (N-methyl/N-ethyl adjacent to an activating group) is 1. The molecule has 0 rings (SSSR count). The molecule has 0 unspecified atom stereocenters. The van der Waals surface area contributed by atoms with E-state index in [-0.39, 0.29) is 12.7 Å². The van der Waals surface area contributed by atoms with Crippen molar-refractivity contribution in [1.29, 1.82) is 0 Å². The number of aliphatic hydroxyl groups is 2. The maximum atomic E-state index is 9.75. The van der Waals surface area contributed by atoms with Gasteiger partial charge in [0.2, 0.25) is 0 Å². The van der Waals surface area contributed by atoms with Crippen LogP contribution >= 0.6 is 0 Å². The highest BCUT2D eigenvalue weighted by Gasteiger charge is 2.09. The van der Waals surface area contributed by atoms with E-state index in [0.717, 1.165) is 19.4 Å². The standard InChI is InChI=1S/C12H27NO2/c1-3-5-6-7-8-12(15)11-13(4-2)9-10-14/h12,14-15H,3-11H2,1-2H3/t12-/m0/s1. The molecule has 0 aromatic carbocycles. The number of rotatable bonds is 10. The van der Waals surface area contributed by atoms with Crippen molar-refractivity contribution in [1.82, 2.24) is 4.90 Å². The second kappa shape index (κ2) is 10.4. The first kappa shape index (κ1) is 14.9. The average molecular weight is 217 g/mol. The predicted octanol–water partition coefficient (Wildman–Crippen LogP) is 1.63. The maximum absolute atomic E-state index is 9.75. The molecule has 3 nitrogen and oxygen atoms in total. The van der Waals surface area contributed by atoms with Crippen LogP contribution in [0.25, 0.3) is 0 Å². The summed E-state index contributed by atoms with van der Waals surface area (Å²) in [7, 11) is 0. The maximum Gasteiger partial charge on any atom is 0.0667 e. The van der Waals surface area contributed by atoms with Gasteiger partial charge in [-0.25, -0.2) is 0 Å². The summed E-state index contributed by atoms with van der Waals surface area (Å²) < 4.78 is 0. The highest BCUT2D eigenvalue weighted by atomic mass is 16.3. The van der Waals surface area contributed by atoms with Crippen LogP contribution in [0.5, 0.6) is 0 Å². The van der Waals surface area contributed by atoms with Gasteiger partial charge in [-0.15, -0.1) is 0 Å². The normalized spacial score (nSPS) is 13.4. The van der Waals surface area contributed by atoms with Crippen molar-refractivity contribution in [2.45, 2.75) is 52.1 Å². The summed E-state index contributed by atoms with van der Waals surface area (Å²) in [5, 5.41) is 18.6. The number of nitrogens with zero attached hydrogens (tertiary/aromatic N) is 1. The van der Waals surface area contributed by atoms with E-state index >= 15 is 0 Å². The number of hydrogen-bond acceptors (Lipinski definition) is 3. The van der Waals surface area contributed by atoms with Gasteiger partial charge in [0.05, 0.1) is 12.7 Å². The van der Waals surface area contributed by atoms with Gasteiger partial charge < -0.3 is 10.2 Å². The lowest BCUT2D eigenvalue weighted by Gasteiger charge is -2.22. The van der Waals surface area contributed by atoms with Gasteiger partial charge in [-0.1, -0.05) is 39.5 Å². The first-order valence-electron chi connectivity index (χ1n) is 6.25. The van der Waals surface area contributed by atoms with Gasteiger partial charge in [-0.2, -0.15) is 0 Å². The van der Waals surface area contributed by atoms with Crippen LogP contribution in [0.15, 0.2) is 0 Å². The Morgan fingerprint density at radius 1 is 1.13 bits per heavy atom. The lowest BCUT2D eigenvalue weighted by Crippen LogP contribution is -2.34. The Morgan fingerprint density at radius 2 is 1.87 bits per heavy atom. The summed E-state index contributed by atoms with van der Waals surface area (Å²) in [6.07, 6.45) is 5.50. The fourth-order valence-corrected chi connectivity index (χ4v) is 1.72.